The lowest BCUT2D eigenvalue weighted by Gasteiger charge is -2.42. The lowest BCUT2D eigenvalue weighted by molar-refractivity contribution is -0.115. The summed E-state index contributed by atoms with van der Waals surface area (Å²) in [5.41, 5.74) is 1.50. The quantitative estimate of drug-likeness (QED) is 0.711. The van der Waals surface area contributed by atoms with Crippen LogP contribution in [0, 0.1) is 17.8 Å². The maximum Gasteiger partial charge on any atom is 0.123 e. The molecule has 4 atom stereocenters. The Bertz CT molecular complexity index is 397. The minimum absolute atomic E-state index is 0.362. The Kier molecular flexibility index (Phi) is 3.49. The number of fused-ring (bicyclic) bond motifs is 1. The molecule has 1 nitrogen and oxygen atoms in total. The van der Waals surface area contributed by atoms with Crippen LogP contribution < -0.4 is 0 Å². The van der Waals surface area contributed by atoms with E-state index in [1.54, 1.807) is 0 Å². The van der Waals surface area contributed by atoms with Crippen LogP contribution >= 0.6 is 0 Å². The van der Waals surface area contributed by atoms with Crippen LogP contribution in [-0.2, 0) is 4.79 Å². The number of carbonyl (C=O) groups is 1. The van der Waals surface area contributed by atoms with Gasteiger partial charge in [-0.05, 0) is 49.0 Å². The summed E-state index contributed by atoms with van der Waals surface area (Å²) < 4.78 is 0. The van der Waals surface area contributed by atoms with Gasteiger partial charge < -0.3 is 4.79 Å². The second-order valence-electron chi connectivity index (χ2n) is 6.08. The van der Waals surface area contributed by atoms with Gasteiger partial charge in [0.1, 0.15) is 6.29 Å². The van der Waals surface area contributed by atoms with Crippen LogP contribution in [0.4, 0.5) is 0 Å². The van der Waals surface area contributed by atoms with Crippen molar-refractivity contribution in [1.29, 1.82) is 0 Å². The van der Waals surface area contributed by atoms with Crippen molar-refractivity contribution in [3.05, 3.63) is 35.9 Å². The molecule has 18 heavy (non-hydrogen) atoms. The van der Waals surface area contributed by atoms with Crippen LogP contribution in [-0.4, -0.2) is 6.29 Å². The van der Waals surface area contributed by atoms with Gasteiger partial charge in [-0.25, -0.2) is 0 Å². The third kappa shape index (κ3) is 2.23. The highest BCUT2D eigenvalue weighted by Gasteiger charge is 2.37. The zero-order valence-electron chi connectivity index (χ0n) is 10.9. The van der Waals surface area contributed by atoms with E-state index in [1.165, 1.54) is 44.0 Å². The molecule has 1 heteroatoms. The Balaban J connectivity index is 1.72. The van der Waals surface area contributed by atoms with E-state index >= 15 is 0 Å². The highest BCUT2D eigenvalue weighted by molar-refractivity contribution is 5.54. The molecular weight excluding hydrogens is 220 g/mol. The van der Waals surface area contributed by atoms with Gasteiger partial charge in [0.05, 0.1) is 0 Å². The first-order chi connectivity index (χ1) is 8.88. The van der Waals surface area contributed by atoms with Crippen molar-refractivity contribution in [2.24, 2.45) is 17.8 Å². The van der Waals surface area contributed by atoms with E-state index < -0.39 is 0 Å². The summed E-state index contributed by atoms with van der Waals surface area (Å²) in [5.74, 6) is 2.59. The zero-order chi connectivity index (χ0) is 12.4. The van der Waals surface area contributed by atoms with E-state index in [0.29, 0.717) is 11.8 Å². The first-order valence-corrected chi connectivity index (χ1v) is 7.38. The second-order valence-corrected chi connectivity index (χ2v) is 6.08. The number of hydrogen-bond donors (Lipinski definition) is 0. The Morgan fingerprint density at radius 2 is 1.83 bits per heavy atom. The molecule has 0 saturated heterocycles. The first-order valence-electron chi connectivity index (χ1n) is 7.38. The zero-order valence-corrected chi connectivity index (χ0v) is 10.9. The SMILES string of the molecule is O=CC1CCC[C@@H]2C[C@H](c3ccccc3)CC[C@@H]12. The number of aldehydes is 1. The molecule has 96 valence electrons. The Labute approximate surface area is 110 Å². The molecule has 1 aromatic carbocycles. The fourth-order valence-electron chi connectivity index (χ4n) is 4.21. The molecule has 0 aliphatic heterocycles. The summed E-state index contributed by atoms with van der Waals surface area (Å²) in [6.07, 6.45) is 8.81. The molecule has 0 N–H and O–H groups in total. The maximum absolute atomic E-state index is 11.2. The van der Waals surface area contributed by atoms with Crippen molar-refractivity contribution >= 4 is 6.29 Å². The summed E-state index contributed by atoms with van der Waals surface area (Å²) >= 11 is 0. The molecule has 0 heterocycles. The summed E-state index contributed by atoms with van der Waals surface area (Å²) in [4.78, 5) is 11.2. The van der Waals surface area contributed by atoms with Crippen LogP contribution in [0.15, 0.2) is 30.3 Å². The lowest BCUT2D eigenvalue weighted by atomic mass is 9.62. The third-order valence-electron chi connectivity index (χ3n) is 5.15. The van der Waals surface area contributed by atoms with Crippen molar-refractivity contribution in [3.8, 4) is 0 Å². The van der Waals surface area contributed by atoms with Gasteiger partial charge in [0.2, 0.25) is 0 Å². The predicted octanol–water partition coefficient (Wildman–Crippen LogP) is 4.19. The molecule has 0 radical (unpaired) electrons. The molecule has 0 spiro atoms. The van der Waals surface area contributed by atoms with Gasteiger partial charge in [-0.2, -0.15) is 0 Å². The van der Waals surface area contributed by atoms with Gasteiger partial charge in [-0.15, -0.1) is 0 Å². The molecule has 1 aromatic rings. The lowest BCUT2D eigenvalue weighted by Crippen LogP contribution is -2.34. The standard InChI is InChI=1S/C17H22O/c18-12-16-8-4-7-15-11-14(9-10-17(15)16)13-5-2-1-3-6-13/h1-3,5-6,12,14-17H,4,7-11H2/t14-,15-,16?,17-/m1/s1. The van der Waals surface area contributed by atoms with E-state index in [1.807, 2.05) is 0 Å². The van der Waals surface area contributed by atoms with Crippen molar-refractivity contribution < 1.29 is 4.79 Å². The minimum atomic E-state index is 0.362. The van der Waals surface area contributed by atoms with E-state index in [2.05, 4.69) is 30.3 Å². The molecule has 2 aliphatic rings. The van der Waals surface area contributed by atoms with Crippen LogP contribution in [0.5, 0.6) is 0 Å². The largest absolute Gasteiger partial charge is 0.303 e. The topological polar surface area (TPSA) is 17.1 Å². The van der Waals surface area contributed by atoms with Crippen LogP contribution in [0.3, 0.4) is 0 Å². The van der Waals surface area contributed by atoms with Crippen LogP contribution in [0.2, 0.25) is 0 Å². The molecule has 3 rings (SSSR count). The van der Waals surface area contributed by atoms with Gasteiger partial charge in [-0.1, -0.05) is 43.2 Å². The highest BCUT2D eigenvalue weighted by Crippen LogP contribution is 2.47. The molecular formula is C17H22O. The van der Waals surface area contributed by atoms with E-state index in [-0.39, 0.29) is 0 Å². The summed E-state index contributed by atoms with van der Waals surface area (Å²) in [7, 11) is 0. The van der Waals surface area contributed by atoms with E-state index in [4.69, 9.17) is 0 Å². The van der Waals surface area contributed by atoms with Crippen LogP contribution in [0.25, 0.3) is 0 Å². The van der Waals surface area contributed by atoms with Crippen molar-refractivity contribution in [1.82, 2.24) is 0 Å². The molecule has 1 unspecified atom stereocenters. The molecule has 2 saturated carbocycles. The normalized spacial score (nSPS) is 35.8. The summed E-state index contributed by atoms with van der Waals surface area (Å²) in [6, 6.07) is 10.9. The number of benzene rings is 1. The number of rotatable bonds is 2. The van der Waals surface area contributed by atoms with E-state index in [9.17, 15) is 4.79 Å². The number of carbonyl (C=O) groups excluding carboxylic acids is 1. The third-order valence-corrected chi connectivity index (χ3v) is 5.15. The van der Waals surface area contributed by atoms with Gasteiger partial charge in [0.25, 0.3) is 0 Å². The van der Waals surface area contributed by atoms with Crippen molar-refractivity contribution in [2.45, 2.75) is 44.4 Å². The Hall–Kier alpha value is -1.11. The van der Waals surface area contributed by atoms with Gasteiger partial charge in [0, 0.05) is 5.92 Å². The molecule has 0 aromatic heterocycles. The Morgan fingerprint density at radius 1 is 1.00 bits per heavy atom. The van der Waals surface area contributed by atoms with Crippen LogP contribution in [0.1, 0.15) is 50.0 Å². The Morgan fingerprint density at radius 3 is 2.61 bits per heavy atom. The second kappa shape index (κ2) is 5.26. The fraction of sp³-hybridized carbons (Fsp3) is 0.588. The monoisotopic (exact) mass is 242 g/mol. The van der Waals surface area contributed by atoms with Gasteiger partial charge in [-0.3, -0.25) is 0 Å². The summed E-state index contributed by atoms with van der Waals surface area (Å²) in [5, 5.41) is 0. The highest BCUT2D eigenvalue weighted by atomic mass is 16.1. The average Bonchev–Trinajstić information content (AvgIpc) is 2.47. The maximum atomic E-state index is 11.2. The molecule has 2 fully saturated rings. The molecule has 0 amide bonds. The molecule has 2 aliphatic carbocycles. The molecule has 0 bridgehead atoms. The van der Waals surface area contributed by atoms with Crippen molar-refractivity contribution in [2.75, 3.05) is 0 Å². The smallest absolute Gasteiger partial charge is 0.123 e. The summed E-state index contributed by atoms with van der Waals surface area (Å²) in [6.45, 7) is 0. The fourth-order valence-corrected chi connectivity index (χ4v) is 4.21. The van der Waals surface area contributed by atoms with Gasteiger partial charge >= 0.3 is 0 Å². The first kappa shape index (κ1) is 12.0. The van der Waals surface area contributed by atoms with Gasteiger partial charge in [0.15, 0.2) is 0 Å². The minimum Gasteiger partial charge on any atom is -0.303 e. The van der Waals surface area contributed by atoms with E-state index in [0.717, 1.165) is 18.3 Å². The average molecular weight is 242 g/mol. The van der Waals surface area contributed by atoms with Crippen molar-refractivity contribution in [3.63, 3.8) is 0 Å². The predicted molar refractivity (Wildman–Crippen MR) is 73.4 cm³/mol. The number of hydrogen-bond acceptors (Lipinski definition) is 1.